The van der Waals surface area contributed by atoms with Crippen molar-refractivity contribution in [1.82, 2.24) is 16.0 Å². The molecule has 30 heavy (non-hydrogen) atoms. The molecule has 2 saturated heterocycles. The monoisotopic (exact) mass is 445 g/mol. The van der Waals surface area contributed by atoms with Gasteiger partial charge in [-0.15, -0.1) is 0 Å². The molecule has 3 amide bonds. The van der Waals surface area contributed by atoms with Crippen LogP contribution in [0.2, 0.25) is 0 Å². The lowest BCUT2D eigenvalue weighted by Gasteiger charge is -2.16. The Labute approximate surface area is 184 Å². The van der Waals surface area contributed by atoms with Gasteiger partial charge in [0.2, 0.25) is 5.91 Å². The summed E-state index contributed by atoms with van der Waals surface area (Å²) in [5.74, 6) is 1.09. The number of hydrogen-bond donors (Lipinski definition) is 3. The summed E-state index contributed by atoms with van der Waals surface area (Å²) in [5.41, 5.74) is 0. The lowest BCUT2D eigenvalue weighted by molar-refractivity contribution is -0.121. The number of carbonyl (C=O) groups is 2. The summed E-state index contributed by atoms with van der Waals surface area (Å²) in [6.07, 6.45) is 6.55. The molecule has 8 nitrogen and oxygen atoms in total. The number of urea groups is 1. The van der Waals surface area contributed by atoms with Gasteiger partial charge in [0.25, 0.3) is 0 Å². The van der Waals surface area contributed by atoms with Crippen molar-refractivity contribution in [2.75, 3.05) is 51.9 Å². The number of carbonyl (C=O) groups excluding carboxylic acids is 2. The molecule has 0 radical (unpaired) electrons. The molecule has 9 heteroatoms. The molecule has 0 aromatic rings. The highest BCUT2D eigenvalue weighted by Crippen LogP contribution is 2.33. The second kappa shape index (κ2) is 15.7. The first kappa shape index (κ1) is 25.2. The third-order valence-electron chi connectivity index (χ3n) is 5.25. The quantitative estimate of drug-likeness (QED) is 0.221. The first-order chi connectivity index (χ1) is 14.7. The largest absolute Gasteiger partial charge is 0.379 e. The van der Waals surface area contributed by atoms with E-state index in [0.717, 1.165) is 50.9 Å². The van der Waals surface area contributed by atoms with Crippen molar-refractivity contribution in [1.29, 1.82) is 0 Å². The zero-order chi connectivity index (χ0) is 21.4. The minimum absolute atomic E-state index is 0.0430. The Bertz CT molecular complexity index is 497. The van der Waals surface area contributed by atoms with E-state index in [1.165, 1.54) is 0 Å². The summed E-state index contributed by atoms with van der Waals surface area (Å²) in [4.78, 5) is 23.3. The van der Waals surface area contributed by atoms with Crippen molar-refractivity contribution in [3.8, 4) is 0 Å². The first-order valence-corrected chi connectivity index (χ1v) is 12.4. The Morgan fingerprint density at radius 2 is 1.70 bits per heavy atom. The van der Waals surface area contributed by atoms with E-state index >= 15 is 0 Å². The Kier molecular flexibility index (Phi) is 13.2. The molecule has 0 aliphatic carbocycles. The molecule has 3 N–H and O–H groups in total. The van der Waals surface area contributed by atoms with Crippen molar-refractivity contribution in [3.63, 3.8) is 0 Å². The van der Waals surface area contributed by atoms with Crippen LogP contribution < -0.4 is 16.0 Å². The first-order valence-electron chi connectivity index (χ1n) is 11.4. The molecule has 2 fully saturated rings. The van der Waals surface area contributed by atoms with Gasteiger partial charge in [-0.1, -0.05) is 19.8 Å². The van der Waals surface area contributed by atoms with Crippen LogP contribution in [-0.2, 0) is 19.0 Å². The Hall–Kier alpha value is -1.03. The SMILES string of the molecule is CCCCOCCOCCOCCCNC(=O)CCCC[C@@H]1SC[C@H]2NC(=O)N[C@H]12. The van der Waals surface area contributed by atoms with Gasteiger partial charge in [0.05, 0.1) is 38.5 Å². The third-order valence-corrected chi connectivity index (χ3v) is 6.76. The molecule has 3 atom stereocenters. The van der Waals surface area contributed by atoms with Crippen LogP contribution in [0.4, 0.5) is 4.79 Å². The van der Waals surface area contributed by atoms with Crippen LogP contribution >= 0.6 is 11.8 Å². The molecule has 174 valence electrons. The van der Waals surface area contributed by atoms with E-state index in [-0.39, 0.29) is 24.0 Å². The summed E-state index contributed by atoms with van der Waals surface area (Å²) < 4.78 is 16.3. The van der Waals surface area contributed by atoms with E-state index in [2.05, 4.69) is 22.9 Å². The Balaban J connectivity index is 1.31. The molecule has 2 rings (SSSR count). The van der Waals surface area contributed by atoms with Gasteiger partial charge in [-0.05, 0) is 25.7 Å². The van der Waals surface area contributed by atoms with Gasteiger partial charge >= 0.3 is 6.03 Å². The van der Waals surface area contributed by atoms with Gasteiger partial charge in [0.15, 0.2) is 0 Å². The van der Waals surface area contributed by atoms with E-state index in [0.29, 0.717) is 51.2 Å². The summed E-state index contributed by atoms with van der Waals surface area (Å²) in [7, 11) is 0. The minimum Gasteiger partial charge on any atom is -0.379 e. The maximum atomic E-state index is 11.9. The van der Waals surface area contributed by atoms with E-state index in [1.807, 2.05) is 11.8 Å². The predicted octanol–water partition coefficient (Wildman–Crippen LogP) is 2.07. The van der Waals surface area contributed by atoms with E-state index in [9.17, 15) is 9.59 Å². The molecule has 0 spiro atoms. The van der Waals surface area contributed by atoms with Crippen molar-refractivity contribution >= 4 is 23.7 Å². The maximum absolute atomic E-state index is 11.9. The number of fused-ring (bicyclic) bond motifs is 1. The molecule has 2 aliphatic rings. The topological polar surface area (TPSA) is 97.9 Å². The van der Waals surface area contributed by atoms with Crippen molar-refractivity contribution in [3.05, 3.63) is 0 Å². The van der Waals surface area contributed by atoms with Crippen LogP contribution in [0.25, 0.3) is 0 Å². The Morgan fingerprint density at radius 3 is 2.43 bits per heavy atom. The molecule has 0 bridgehead atoms. The number of hydrogen-bond acceptors (Lipinski definition) is 6. The zero-order valence-corrected chi connectivity index (χ0v) is 19.1. The molecule has 2 aliphatic heterocycles. The number of ether oxygens (including phenoxy) is 3. The minimum atomic E-state index is -0.0430. The predicted molar refractivity (Wildman–Crippen MR) is 119 cm³/mol. The smallest absolute Gasteiger partial charge is 0.315 e. The number of thioether (sulfide) groups is 1. The summed E-state index contributed by atoms with van der Waals surface area (Å²) >= 11 is 1.92. The van der Waals surface area contributed by atoms with Crippen molar-refractivity contribution in [2.45, 2.75) is 69.2 Å². The lowest BCUT2D eigenvalue weighted by Crippen LogP contribution is -2.36. The van der Waals surface area contributed by atoms with Gasteiger partial charge in [-0.25, -0.2) is 4.79 Å². The number of nitrogens with one attached hydrogen (secondary N) is 3. The van der Waals surface area contributed by atoms with Crippen molar-refractivity contribution < 1.29 is 23.8 Å². The van der Waals surface area contributed by atoms with Crippen LogP contribution in [-0.4, -0.2) is 81.2 Å². The second-order valence-electron chi connectivity index (χ2n) is 7.76. The highest BCUT2D eigenvalue weighted by molar-refractivity contribution is 8.00. The Morgan fingerprint density at radius 1 is 1.00 bits per heavy atom. The molecular formula is C21H39N3O5S. The highest BCUT2D eigenvalue weighted by Gasteiger charge is 2.42. The van der Waals surface area contributed by atoms with Crippen LogP contribution in [0.15, 0.2) is 0 Å². The number of unbranched alkanes of at least 4 members (excludes halogenated alkanes) is 2. The zero-order valence-electron chi connectivity index (χ0n) is 18.3. The lowest BCUT2D eigenvalue weighted by atomic mass is 10.0. The van der Waals surface area contributed by atoms with E-state index < -0.39 is 0 Å². The van der Waals surface area contributed by atoms with Gasteiger partial charge < -0.3 is 30.2 Å². The number of amides is 3. The molecule has 2 heterocycles. The molecule has 0 aromatic heterocycles. The molecule has 0 aromatic carbocycles. The average molecular weight is 446 g/mol. The molecular weight excluding hydrogens is 406 g/mol. The maximum Gasteiger partial charge on any atom is 0.315 e. The fourth-order valence-electron chi connectivity index (χ4n) is 3.55. The fourth-order valence-corrected chi connectivity index (χ4v) is 5.10. The molecule has 0 saturated carbocycles. The van der Waals surface area contributed by atoms with Crippen molar-refractivity contribution in [2.24, 2.45) is 0 Å². The summed E-state index contributed by atoms with van der Waals surface area (Å²) in [6, 6.07) is 0.480. The van der Waals surface area contributed by atoms with Gasteiger partial charge in [-0.2, -0.15) is 11.8 Å². The van der Waals surface area contributed by atoms with Gasteiger partial charge in [-0.3, -0.25) is 4.79 Å². The number of rotatable bonds is 18. The van der Waals surface area contributed by atoms with E-state index in [1.54, 1.807) is 0 Å². The summed E-state index contributed by atoms with van der Waals surface area (Å²) in [5, 5.41) is 9.38. The highest BCUT2D eigenvalue weighted by atomic mass is 32.2. The second-order valence-corrected chi connectivity index (χ2v) is 9.03. The molecule has 0 unspecified atom stereocenters. The van der Waals surface area contributed by atoms with E-state index in [4.69, 9.17) is 14.2 Å². The van der Waals surface area contributed by atoms with Crippen LogP contribution in [0.5, 0.6) is 0 Å². The van der Waals surface area contributed by atoms with Gasteiger partial charge in [0.1, 0.15) is 0 Å². The summed E-state index contributed by atoms with van der Waals surface area (Å²) in [6.45, 7) is 6.60. The van der Waals surface area contributed by atoms with Crippen LogP contribution in [0, 0.1) is 0 Å². The van der Waals surface area contributed by atoms with Gasteiger partial charge in [0, 0.05) is 37.2 Å². The third kappa shape index (κ3) is 10.3. The van der Waals surface area contributed by atoms with Crippen LogP contribution in [0.3, 0.4) is 0 Å². The standard InChI is InChI=1S/C21H39N3O5S/c1-2-3-10-27-12-14-29-15-13-28-11-6-9-22-19(25)8-5-4-7-18-20-17(16-30-18)23-21(26)24-20/h17-18,20H,2-16H2,1H3,(H,22,25)(H2,23,24,26)/t17-,18+,20+/m1/s1. The average Bonchev–Trinajstić information content (AvgIpc) is 3.28. The normalized spacial score (nSPS) is 22.6. The van der Waals surface area contributed by atoms with Crippen LogP contribution in [0.1, 0.15) is 51.9 Å². The fraction of sp³-hybridized carbons (Fsp3) is 0.905.